The molecule has 1 aromatic rings. The topological polar surface area (TPSA) is 42.2 Å². The summed E-state index contributed by atoms with van der Waals surface area (Å²) >= 11 is 0. The largest absolute Gasteiger partial charge is 0.481 e. The number of carboxylic acids is 1. The van der Waals surface area contributed by atoms with E-state index in [0.717, 1.165) is 19.4 Å². The minimum atomic E-state index is -0.692. The summed E-state index contributed by atoms with van der Waals surface area (Å²) in [5.74, 6) is -0.257. The van der Waals surface area contributed by atoms with Crippen molar-refractivity contribution < 1.29 is 9.90 Å². The zero-order chi connectivity index (χ0) is 14.6. The highest BCUT2D eigenvalue weighted by molar-refractivity contribution is 5.66. The fourth-order valence-electron chi connectivity index (χ4n) is 2.65. The molecule has 0 fully saturated rings. The Labute approximate surface area is 116 Å². The Morgan fingerprint density at radius 2 is 1.74 bits per heavy atom. The zero-order valence-corrected chi connectivity index (χ0v) is 12.9. The monoisotopic (exact) mass is 265 g/mol. The molecular formula is C16H27NO2. The maximum absolute atomic E-state index is 10.8. The minimum absolute atomic E-state index is 0.157. The highest BCUT2D eigenvalue weighted by Gasteiger charge is 2.25. The fourth-order valence-corrected chi connectivity index (χ4v) is 2.65. The summed E-state index contributed by atoms with van der Waals surface area (Å²) in [5, 5.41) is 8.86. The lowest BCUT2D eigenvalue weighted by Gasteiger charge is -2.31. The lowest BCUT2D eigenvalue weighted by molar-refractivity contribution is -0.137. The number of aliphatic carboxylic acids is 1. The van der Waals surface area contributed by atoms with Crippen LogP contribution in [0.25, 0.3) is 0 Å². The summed E-state index contributed by atoms with van der Waals surface area (Å²) in [6.45, 7) is 11.8. The predicted octanol–water partition coefficient (Wildman–Crippen LogP) is 4.02. The lowest BCUT2D eigenvalue weighted by Crippen LogP contribution is -2.23. The number of carbonyl (C=O) groups is 1. The van der Waals surface area contributed by atoms with Gasteiger partial charge in [-0.15, -0.1) is 0 Å². The molecule has 0 amide bonds. The van der Waals surface area contributed by atoms with Crippen LogP contribution < -0.4 is 0 Å². The molecule has 1 N–H and O–H groups in total. The SMILES string of the molecule is Cc1ccc(C)n1CCC(CCC(=O)O)C(C)(C)C. The van der Waals surface area contributed by atoms with Gasteiger partial charge < -0.3 is 9.67 Å². The smallest absolute Gasteiger partial charge is 0.303 e. The van der Waals surface area contributed by atoms with Gasteiger partial charge in [-0.05, 0) is 50.2 Å². The first kappa shape index (κ1) is 15.8. The molecule has 0 spiro atoms. The molecule has 0 radical (unpaired) electrons. The second kappa shape index (κ2) is 6.27. The molecule has 0 aliphatic carbocycles. The zero-order valence-electron chi connectivity index (χ0n) is 12.9. The number of aryl methyl sites for hydroxylation is 2. The van der Waals surface area contributed by atoms with Crippen molar-refractivity contribution in [1.82, 2.24) is 4.57 Å². The van der Waals surface area contributed by atoms with Crippen LogP contribution in [0.1, 0.15) is 51.4 Å². The molecule has 0 saturated carbocycles. The molecule has 1 aromatic heterocycles. The number of aromatic nitrogens is 1. The second-order valence-electron chi connectivity index (χ2n) is 6.55. The quantitative estimate of drug-likeness (QED) is 0.844. The standard InChI is InChI=1S/C16H27NO2/c1-12-6-7-13(2)17(12)11-10-14(16(3,4)5)8-9-15(18)19/h6-7,14H,8-11H2,1-5H3,(H,18,19). The lowest BCUT2D eigenvalue weighted by atomic mass is 9.76. The van der Waals surface area contributed by atoms with Crippen molar-refractivity contribution in [3.63, 3.8) is 0 Å². The van der Waals surface area contributed by atoms with E-state index in [0.29, 0.717) is 5.92 Å². The average molecular weight is 265 g/mol. The van der Waals surface area contributed by atoms with E-state index in [2.05, 4.69) is 51.3 Å². The van der Waals surface area contributed by atoms with Gasteiger partial charge in [0, 0.05) is 24.4 Å². The van der Waals surface area contributed by atoms with Crippen LogP contribution in [0, 0.1) is 25.2 Å². The molecule has 1 unspecified atom stereocenters. The van der Waals surface area contributed by atoms with E-state index >= 15 is 0 Å². The van der Waals surface area contributed by atoms with Crippen molar-refractivity contribution >= 4 is 5.97 Å². The van der Waals surface area contributed by atoms with E-state index in [1.54, 1.807) is 0 Å². The molecule has 0 saturated heterocycles. The van der Waals surface area contributed by atoms with Crippen LogP contribution in [-0.4, -0.2) is 15.6 Å². The number of nitrogens with zero attached hydrogens (tertiary/aromatic N) is 1. The van der Waals surface area contributed by atoms with E-state index in [4.69, 9.17) is 5.11 Å². The van der Waals surface area contributed by atoms with E-state index in [1.165, 1.54) is 11.4 Å². The van der Waals surface area contributed by atoms with Crippen molar-refractivity contribution in [3.05, 3.63) is 23.5 Å². The van der Waals surface area contributed by atoms with Crippen LogP contribution in [0.2, 0.25) is 0 Å². The summed E-state index contributed by atoms with van der Waals surface area (Å²) in [7, 11) is 0. The number of hydrogen-bond donors (Lipinski definition) is 1. The molecule has 1 heterocycles. The van der Waals surface area contributed by atoms with Crippen LogP contribution in [-0.2, 0) is 11.3 Å². The van der Waals surface area contributed by atoms with Crippen molar-refractivity contribution in [3.8, 4) is 0 Å². The molecular weight excluding hydrogens is 238 g/mol. The molecule has 0 aliphatic rings. The van der Waals surface area contributed by atoms with Gasteiger partial charge in [0.25, 0.3) is 0 Å². The normalized spacial score (nSPS) is 13.5. The summed E-state index contributed by atoms with van der Waals surface area (Å²) < 4.78 is 2.32. The Morgan fingerprint density at radius 1 is 1.21 bits per heavy atom. The Balaban J connectivity index is 2.66. The van der Waals surface area contributed by atoms with Crippen LogP contribution in [0.3, 0.4) is 0 Å². The van der Waals surface area contributed by atoms with E-state index < -0.39 is 5.97 Å². The molecule has 19 heavy (non-hydrogen) atoms. The molecule has 108 valence electrons. The maximum atomic E-state index is 10.8. The van der Waals surface area contributed by atoms with E-state index in [1.807, 2.05) is 0 Å². The fraction of sp³-hybridized carbons (Fsp3) is 0.688. The maximum Gasteiger partial charge on any atom is 0.303 e. The van der Waals surface area contributed by atoms with Gasteiger partial charge in [-0.25, -0.2) is 0 Å². The van der Waals surface area contributed by atoms with Gasteiger partial charge in [0.05, 0.1) is 0 Å². The van der Waals surface area contributed by atoms with Gasteiger partial charge in [-0.3, -0.25) is 4.79 Å². The first-order valence-electron chi connectivity index (χ1n) is 7.06. The Bertz CT molecular complexity index is 407. The number of rotatable bonds is 6. The first-order chi connectivity index (χ1) is 8.71. The van der Waals surface area contributed by atoms with Gasteiger partial charge in [0.2, 0.25) is 0 Å². The summed E-state index contributed by atoms with van der Waals surface area (Å²) in [6.07, 6.45) is 2.07. The summed E-state index contributed by atoms with van der Waals surface area (Å²) in [4.78, 5) is 10.8. The van der Waals surface area contributed by atoms with E-state index in [9.17, 15) is 4.79 Å². The number of hydrogen-bond acceptors (Lipinski definition) is 1. The Kier molecular flexibility index (Phi) is 5.21. The highest BCUT2D eigenvalue weighted by atomic mass is 16.4. The third-order valence-electron chi connectivity index (χ3n) is 4.05. The van der Waals surface area contributed by atoms with E-state index in [-0.39, 0.29) is 11.8 Å². The molecule has 3 heteroatoms. The minimum Gasteiger partial charge on any atom is -0.481 e. The molecule has 0 aromatic carbocycles. The Hall–Kier alpha value is -1.25. The van der Waals surface area contributed by atoms with Gasteiger partial charge >= 0.3 is 5.97 Å². The van der Waals surface area contributed by atoms with Crippen molar-refractivity contribution in [2.45, 2.75) is 60.4 Å². The summed E-state index contributed by atoms with van der Waals surface area (Å²) in [6, 6.07) is 4.28. The van der Waals surface area contributed by atoms with Gasteiger partial charge in [0.1, 0.15) is 0 Å². The first-order valence-corrected chi connectivity index (χ1v) is 7.06. The Morgan fingerprint density at radius 3 is 2.16 bits per heavy atom. The molecule has 0 bridgehead atoms. The molecule has 3 nitrogen and oxygen atoms in total. The van der Waals surface area contributed by atoms with Crippen molar-refractivity contribution in [2.75, 3.05) is 0 Å². The van der Waals surface area contributed by atoms with Crippen LogP contribution in [0.15, 0.2) is 12.1 Å². The average Bonchev–Trinajstić information content (AvgIpc) is 2.57. The van der Waals surface area contributed by atoms with Crippen LogP contribution in [0.5, 0.6) is 0 Å². The third kappa shape index (κ3) is 4.73. The highest BCUT2D eigenvalue weighted by Crippen LogP contribution is 2.33. The van der Waals surface area contributed by atoms with Gasteiger partial charge in [-0.1, -0.05) is 20.8 Å². The van der Waals surface area contributed by atoms with Crippen molar-refractivity contribution in [1.29, 1.82) is 0 Å². The van der Waals surface area contributed by atoms with Gasteiger partial charge in [-0.2, -0.15) is 0 Å². The second-order valence-corrected chi connectivity index (χ2v) is 6.55. The van der Waals surface area contributed by atoms with Crippen LogP contribution >= 0.6 is 0 Å². The van der Waals surface area contributed by atoms with Crippen molar-refractivity contribution in [2.24, 2.45) is 11.3 Å². The predicted molar refractivity (Wildman–Crippen MR) is 78.3 cm³/mol. The third-order valence-corrected chi connectivity index (χ3v) is 4.05. The molecule has 1 rings (SSSR count). The van der Waals surface area contributed by atoms with Gasteiger partial charge in [0.15, 0.2) is 0 Å². The molecule has 0 aliphatic heterocycles. The van der Waals surface area contributed by atoms with Crippen LogP contribution in [0.4, 0.5) is 0 Å². The summed E-state index contributed by atoms with van der Waals surface area (Å²) in [5.41, 5.74) is 2.72. The number of carboxylic acid groups (broad SMARTS) is 1. The molecule has 1 atom stereocenters.